The molecule has 38 heavy (non-hydrogen) atoms. The first kappa shape index (κ1) is 26.7. The zero-order chi connectivity index (χ0) is 26.3. The number of carbonyl (C=O) groups excluding carboxylic acids is 2. The normalized spacial score (nSPS) is 19.7. The Hall–Kier alpha value is -2.94. The second kappa shape index (κ2) is 12.7. The van der Waals surface area contributed by atoms with E-state index in [1.165, 1.54) is 25.7 Å². The Morgan fingerprint density at radius 2 is 2.00 bits per heavy atom. The molecule has 2 atom stereocenters. The Bertz CT molecular complexity index is 1170. The number of nitrogens with zero attached hydrogens (tertiary/aromatic N) is 2. The fraction of sp³-hybridized carbons (Fsp3) is 0.467. The van der Waals surface area contributed by atoms with Crippen molar-refractivity contribution in [3.8, 4) is 0 Å². The summed E-state index contributed by atoms with van der Waals surface area (Å²) in [5.74, 6) is 0.419. The number of hydrogen-bond donors (Lipinski definition) is 1. The quantitative estimate of drug-likeness (QED) is 0.322. The molecule has 3 heterocycles. The van der Waals surface area contributed by atoms with Crippen LogP contribution in [0.25, 0.3) is 0 Å². The topological polar surface area (TPSA) is 75.0 Å². The molecule has 1 aromatic carbocycles. The summed E-state index contributed by atoms with van der Waals surface area (Å²) in [5, 5.41) is 5.23. The van der Waals surface area contributed by atoms with Crippen LogP contribution in [0.1, 0.15) is 70.6 Å². The maximum absolute atomic E-state index is 13.8. The Morgan fingerprint density at radius 3 is 2.74 bits per heavy atom. The summed E-state index contributed by atoms with van der Waals surface area (Å²) in [5.41, 5.74) is 1.40. The molecular formula is C30H37N3O4S. The average molecular weight is 536 g/mol. The van der Waals surface area contributed by atoms with Crippen LogP contribution in [-0.2, 0) is 16.1 Å². The first-order valence-electron chi connectivity index (χ1n) is 13.6. The minimum absolute atomic E-state index is 0.0378. The molecule has 1 saturated carbocycles. The summed E-state index contributed by atoms with van der Waals surface area (Å²) < 4.78 is 10.9. The van der Waals surface area contributed by atoms with Crippen molar-refractivity contribution in [1.29, 1.82) is 0 Å². The molecular weight excluding hydrogens is 498 g/mol. The number of methoxy groups -OCH3 is 1. The molecule has 1 aliphatic carbocycles. The number of amides is 2. The van der Waals surface area contributed by atoms with E-state index < -0.39 is 5.92 Å². The van der Waals surface area contributed by atoms with Crippen LogP contribution in [-0.4, -0.2) is 61.0 Å². The van der Waals surface area contributed by atoms with Crippen molar-refractivity contribution < 1.29 is 18.7 Å². The second-order valence-corrected chi connectivity index (χ2v) is 11.1. The average Bonchev–Trinajstić information content (AvgIpc) is 3.74. The van der Waals surface area contributed by atoms with E-state index in [0.29, 0.717) is 31.3 Å². The van der Waals surface area contributed by atoms with Crippen LogP contribution in [0.15, 0.2) is 64.6 Å². The molecule has 0 bridgehead atoms. The second-order valence-electron chi connectivity index (χ2n) is 10.1. The van der Waals surface area contributed by atoms with Gasteiger partial charge in [0.1, 0.15) is 5.76 Å². The third-order valence-corrected chi connectivity index (χ3v) is 8.74. The first-order valence-corrected chi connectivity index (χ1v) is 14.5. The van der Waals surface area contributed by atoms with Crippen molar-refractivity contribution in [2.45, 2.75) is 56.7 Å². The summed E-state index contributed by atoms with van der Waals surface area (Å²) in [4.78, 5) is 32.7. The Balaban J connectivity index is 1.30. The monoisotopic (exact) mass is 535 g/mol. The number of benzene rings is 1. The number of carbonyl (C=O) groups is 2. The van der Waals surface area contributed by atoms with Crippen LogP contribution in [0.2, 0.25) is 0 Å². The van der Waals surface area contributed by atoms with Crippen LogP contribution in [0.4, 0.5) is 0 Å². The molecule has 5 rings (SSSR count). The predicted molar refractivity (Wildman–Crippen MR) is 148 cm³/mol. The lowest BCUT2D eigenvalue weighted by Crippen LogP contribution is -2.48. The van der Waals surface area contributed by atoms with Crippen molar-refractivity contribution in [2.24, 2.45) is 0 Å². The lowest BCUT2D eigenvalue weighted by Gasteiger charge is -2.41. The predicted octanol–water partition coefficient (Wildman–Crippen LogP) is 5.22. The van der Waals surface area contributed by atoms with Crippen molar-refractivity contribution in [3.05, 3.63) is 81.9 Å². The zero-order valence-corrected chi connectivity index (χ0v) is 22.8. The molecule has 8 heteroatoms. The summed E-state index contributed by atoms with van der Waals surface area (Å²) >= 11 is 1.58. The molecule has 2 amide bonds. The lowest BCUT2D eigenvalue weighted by molar-refractivity contribution is -0.124. The van der Waals surface area contributed by atoms with Crippen molar-refractivity contribution in [3.63, 3.8) is 0 Å². The van der Waals surface area contributed by atoms with Crippen LogP contribution < -0.4 is 5.32 Å². The minimum Gasteiger partial charge on any atom is -0.468 e. The SMILES string of the molecule is COCCN1C(=O)c2ccccc2C(C(=O)NCCCN(Cc2ccco2)C2CCCC2)C1c1cccs1. The van der Waals surface area contributed by atoms with Crippen LogP contribution >= 0.6 is 11.3 Å². The third kappa shape index (κ3) is 5.87. The van der Waals surface area contributed by atoms with Gasteiger partial charge in [0.25, 0.3) is 5.91 Å². The van der Waals surface area contributed by atoms with E-state index >= 15 is 0 Å². The summed E-state index contributed by atoms with van der Waals surface area (Å²) in [6.07, 6.45) is 7.58. The molecule has 2 unspecified atom stereocenters. The van der Waals surface area contributed by atoms with Gasteiger partial charge in [0, 0.05) is 43.2 Å². The van der Waals surface area contributed by atoms with Gasteiger partial charge >= 0.3 is 0 Å². The van der Waals surface area contributed by atoms with E-state index in [0.717, 1.165) is 35.7 Å². The molecule has 0 spiro atoms. The largest absolute Gasteiger partial charge is 0.468 e. The number of ether oxygens (including phenoxy) is 1. The van der Waals surface area contributed by atoms with Crippen molar-refractivity contribution >= 4 is 23.2 Å². The first-order chi connectivity index (χ1) is 18.7. The van der Waals surface area contributed by atoms with Crippen molar-refractivity contribution in [1.82, 2.24) is 15.1 Å². The van der Waals surface area contributed by atoms with Gasteiger partial charge in [-0.05, 0) is 54.5 Å². The number of fused-ring (bicyclic) bond motifs is 1. The molecule has 1 N–H and O–H groups in total. The van der Waals surface area contributed by atoms with Gasteiger partial charge in [0.2, 0.25) is 5.91 Å². The third-order valence-electron chi connectivity index (χ3n) is 7.79. The highest BCUT2D eigenvalue weighted by molar-refractivity contribution is 7.10. The molecule has 1 fully saturated rings. The number of nitrogens with one attached hydrogen (secondary N) is 1. The number of rotatable bonds is 12. The van der Waals surface area contributed by atoms with E-state index in [-0.39, 0.29) is 17.9 Å². The lowest BCUT2D eigenvalue weighted by atomic mass is 9.81. The van der Waals surface area contributed by atoms with Gasteiger partial charge in [-0.3, -0.25) is 14.5 Å². The molecule has 0 saturated heterocycles. The highest BCUT2D eigenvalue weighted by Crippen LogP contribution is 2.44. The molecule has 3 aromatic rings. The van der Waals surface area contributed by atoms with Gasteiger partial charge < -0.3 is 19.4 Å². The van der Waals surface area contributed by atoms with E-state index in [2.05, 4.69) is 10.2 Å². The standard InChI is InChI=1S/C30H37N3O4S/c1-36-19-17-33-28(26-14-7-20-38-26)27(24-12-4-5-13-25(24)30(33)35)29(34)31-15-8-16-32(22-9-2-3-10-22)21-23-11-6-18-37-23/h4-7,11-14,18,20,22,27-28H,2-3,8-10,15-17,19,21H2,1H3,(H,31,34). The van der Waals surface area contributed by atoms with E-state index in [4.69, 9.17) is 9.15 Å². The molecule has 7 nitrogen and oxygen atoms in total. The van der Waals surface area contributed by atoms with Gasteiger partial charge in [0.15, 0.2) is 0 Å². The minimum atomic E-state index is -0.478. The fourth-order valence-corrected chi connectivity index (χ4v) is 6.83. The summed E-state index contributed by atoms with van der Waals surface area (Å²) in [6.45, 7) is 3.14. The number of furan rings is 1. The number of hydrogen-bond acceptors (Lipinski definition) is 6. The van der Waals surface area contributed by atoms with E-state index in [1.54, 1.807) is 24.7 Å². The summed E-state index contributed by atoms with van der Waals surface area (Å²) in [7, 11) is 1.63. The van der Waals surface area contributed by atoms with Gasteiger partial charge in [-0.1, -0.05) is 37.1 Å². The van der Waals surface area contributed by atoms with Crippen LogP contribution in [0.3, 0.4) is 0 Å². The Labute approximate surface area is 228 Å². The smallest absolute Gasteiger partial charge is 0.254 e. The van der Waals surface area contributed by atoms with Gasteiger partial charge in [0.05, 0.1) is 31.4 Å². The molecule has 1 aliphatic heterocycles. The van der Waals surface area contributed by atoms with E-state index in [1.807, 2.05) is 58.8 Å². The van der Waals surface area contributed by atoms with Crippen LogP contribution in [0.5, 0.6) is 0 Å². The van der Waals surface area contributed by atoms with Gasteiger partial charge in [-0.15, -0.1) is 11.3 Å². The Morgan fingerprint density at radius 1 is 1.16 bits per heavy atom. The molecule has 0 radical (unpaired) electrons. The molecule has 2 aromatic heterocycles. The maximum Gasteiger partial charge on any atom is 0.254 e. The van der Waals surface area contributed by atoms with Gasteiger partial charge in [-0.25, -0.2) is 0 Å². The molecule has 2 aliphatic rings. The molecule has 202 valence electrons. The van der Waals surface area contributed by atoms with Gasteiger partial charge in [-0.2, -0.15) is 0 Å². The highest BCUT2D eigenvalue weighted by Gasteiger charge is 2.44. The zero-order valence-electron chi connectivity index (χ0n) is 22.0. The van der Waals surface area contributed by atoms with Crippen molar-refractivity contribution in [2.75, 3.05) is 33.4 Å². The fourth-order valence-electron chi connectivity index (χ4n) is 5.95. The summed E-state index contributed by atoms with van der Waals surface area (Å²) in [6, 6.07) is 15.7. The number of thiophene rings is 1. The highest BCUT2D eigenvalue weighted by atomic mass is 32.1. The Kier molecular flexibility index (Phi) is 8.94. The maximum atomic E-state index is 13.8. The van der Waals surface area contributed by atoms with Crippen LogP contribution in [0, 0.1) is 0 Å². The van der Waals surface area contributed by atoms with E-state index in [9.17, 15) is 9.59 Å².